The second-order valence-corrected chi connectivity index (χ2v) is 17.0. The number of fused-ring (bicyclic) bond motifs is 2. The number of aliphatic hydroxyl groups is 1. The molecule has 0 radical (unpaired) electrons. The molecule has 2 N–H and O–H groups in total. The number of phenols is 1. The fraction of sp³-hybridized carbons (Fsp3) is 0.737. The van der Waals surface area contributed by atoms with Gasteiger partial charge in [-0.2, -0.15) is 0 Å². The van der Waals surface area contributed by atoms with E-state index in [1.165, 1.54) is 5.57 Å². The maximum absolute atomic E-state index is 14.4. The zero-order valence-corrected chi connectivity index (χ0v) is 27.3. The normalized spacial score (nSPS) is 43.9. The molecule has 1 aromatic rings. The average molecular weight is 589 g/mol. The average Bonchev–Trinajstić information content (AvgIpc) is 3.51. The molecule has 5 nitrogen and oxygen atoms in total. The highest BCUT2D eigenvalue weighted by Crippen LogP contribution is 2.78. The van der Waals surface area contributed by atoms with Gasteiger partial charge in [0, 0.05) is 22.7 Å². The first-order chi connectivity index (χ1) is 20.1. The summed E-state index contributed by atoms with van der Waals surface area (Å²) < 4.78 is 5.77. The number of Topliss-reactive ketones (excluding diaryl/α,β-unsaturated/α-hetero) is 2. The standard InChI is InChI=1S/C38H52O5/c1-21(18-27(40)33-35(4,5)43-33)30-25-13-14-29-36(6)20-24(22-10-8-11-23(39)19-22)32(42)34(2,3)28(36)15-17-38(29)16-9-12-26(31(30)41)37(25,38)7/h8,10-11,19,21,24,26-29,33,39-40H,9,12-18,20H2,1-7H3. The van der Waals surface area contributed by atoms with Crippen molar-refractivity contribution in [2.45, 2.75) is 130 Å². The maximum Gasteiger partial charge on any atom is 0.163 e. The van der Waals surface area contributed by atoms with Crippen molar-refractivity contribution in [3.8, 4) is 5.75 Å². The first-order valence-electron chi connectivity index (χ1n) is 17.1. The number of hydrogen-bond donors (Lipinski definition) is 2. The lowest BCUT2D eigenvalue weighted by molar-refractivity contribution is -0.206. The number of hydrogen-bond acceptors (Lipinski definition) is 5. The van der Waals surface area contributed by atoms with E-state index in [2.05, 4.69) is 34.6 Å². The number of carbonyl (C=O) groups is 2. The van der Waals surface area contributed by atoms with Gasteiger partial charge >= 0.3 is 0 Å². The van der Waals surface area contributed by atoms with Gasteiger partial charge in [-0.3, -0.25) is 9.59 Å². The van der Waals surface area contributed by atoms with Crippen molar-refractivity contribution in [1.29, 1.82) is 0 Å². The van der Waals surface area contributed by atoms with Crippen molar-refractivity contribution in [3.05, 3.63) is 41.0 Å². The molecule has 5 aliphatic carbocycles. The first-order valence-corrected chi connectivity index (χ1v) is 17.1. The van der Waals surface area contributed by atoms with Crippen LogP contribution in [-0.4, -0.2) is 39.6 Å². The minimum absolute atomic E-state index is 0.0156. The molecular formula is C38H52O5. The number of carbonyl (C=O) groups excluding carboxylic acids is 2. The molecule has 1 saturated heterocycles. The molecule has 4 saturated carbocycles. The van der Waals surface area contributed by atoms with Gasteiger partial charge in [0.25, 0.3) is 0 Å². The van der Waals surface area contributed by atoms with Crippen LogP contribution in [0.5, 0.6) is 5.75 Å². The predicted molar refractivity (Wildman–Crippen MR) is 166 cm³/mol. The van der Waals surface area contributed by atoms with Crippen LogP contribution in [0, 0.1) is 45.3 Å². The van der Waals surface area contributed by atoms with Gasteiger partial charge in [0.2, 0.25) is 0 Å². The van der Waals surface area contributed by atoms with E-state index >= 15 is 0 Å². The topological polar surface area (TPSA) is 87.1 Å². The molecule has 10 unspecified atom stereocenters. The third kappa shape index (κ3) is 3.82. The molecule has 5 heteroatoms. The number of ether oxygens (including phenoxy) is 1. The molecule has 234 valence electrons. The SMILES string of the molecule is CC(CC(O)C1OC1(C)C)C1=C2CCC3C4(C)CC(c5cccc(O)c5)C(=O)C(C)(C)C4CCC34CCCC(C1=O)C24C. The summed E-state index contributed by atoms with van der Waals surface area (Å²) in [5.74, 6) is 1.46. The molecule has 5 fully saturated rings. The van der Waals surface area contributed by atoms with Crippen LogP contribution < -0.4 is 0 Å². The van der Waals surface area contributed by atoms with E-state index in [-0.39, 0.29) is 51.5 Å². The number of benzene rings is 1. The summed E-state index contributed by atoms with van der Waals surface area (Å²) in [6, 6.07) is 7.37. The third-order valence-electron chi connectivity index (χ3n) is 14.4. The van der Waals surface area contributed by atoms with E-state index < -0.39 is 11.5 Å². The summed E-state index contributed by atoms with van der Waals surface area (Å²) in [4.78, 5) is 28.6. The Morgan fingerprint density at radius 3 is 2.40 bits per heavy atom. The van der Waals surface area contributed by atoms with Crippen LogP contribution in [0.15, 0.2) is 35.4 Å². The Morgan fingerprint density at radius 2 is 1.72 bits per heavy atom. The summed E-state index contributed by atoms with van der Waals surface area (Å²) in [7, 11) is 0. The summed E-state index contributed by atoms with van der Waals surface area (Å²) in [5.41, 5.74) is 2.51. The lowest BCUT2D eigenvalue weighted by Crippen LogP contribution is -2.66. The van der Waals surface area contributed by atoms with E-state index in [4.69, 9.17) is 4.74 Å². The van der Waals surface area contributed by atoms with Gasteiger partial charge in [-0.15, -0.1) is 0 Å². The molecule has 1 spiro atoms. The Morgan fingerprint density at radius 1 is 1.00 bits per heavy atom. The predicted octanol–water partition coefficient (Wildman–Crippen LogP) is 7.54. The Hall–Kier alpha value is -1.98. The van der Waals surface area contributed by atoms with E-state index in [1.54, 1.807) is 12.1 Å². The van der Waals surface area contributed by atoms with Gasteiger partial charge in [-0.05, 0) is 117 Å². The van der Waals surface area contributed by atoms with Crippen LogP contribution in [0.4, 0.5) is 0 Å². The monoisotopic (exact) mass is 588 g/mol. The second kappa shape index (κ2) is 9.28. The number of aromatic hydroxyl groups is 1. The molecule has 6 aliphatic rings. The summed E-state index contributed by atoms with van der Waals surface area (Å²) in [6.45, 7) is 15.5. The molecule has 0 amide bonds. The number of aliphatic hydroxyl groups excluding tert-OH is 1. The molecule has 0 bridgehead atoms. The number of allylic oxidation sites excluding steroid dienone is 2. The summed E-state index contributed by atoms with van der Waals surface area (Å²) in [5, 5.41) is 21.4. The van der Waals surface area contributed by atoms with Gasteiger partial charge in [-0.25, -0.2) is 0 Å². The number of rotatable bonds is 5. The zero-order valence-electron chi connectivity index (χ0n) is 27.3. The van der Waals surface area contributed by atoms with Crippen molar-refractivity contribution in [3.63, 3.8) is 0 Å². The van der Waals surface area contributed by atoms with Crippen molar-refractivity contribution in [2.75, 3.05) is 0 Å². The molecule has 1 heterocycles. The quantitative estimate of drug-likeness (QED) is 0.347. The maximum atomic E-state index is 14.4. The number of epoxide rings is 1. The Labute approximate surface area is 257 Å². The molecule has 1 aliphatic heterocycles. The van der Waals surface area contributed by atoms with Gasteiger partial charge in [0.1, 0.15) is 17.6 Å². The van der Waals surface area contributed by atoms with Crippen LogP contribution in [0.25, 0.3) is 0 Å². The van der Waals surface area contributed by atoms with E-state index in [1.807, 2.05) is 26.0 Å². The molecule has 10 atom stereocenters. The van der Waals surface area contributed by atoms with Crippen molar-refractivity contribution >= 4 is 11.6 Å². The van der Waals surface area contributed by atoms with Crippen LogP contribution in [0.3, 0.4) is 0 Å². The molecule has 1 aromatic carbocycles. The largest absolute Gasteiger partial charge is 0.508 e. The fourth-order valence-electron chi connectivity index (χ4n) is 12.6. The minimum atomic E-state index is -0.558. The molecular weight excluding hydrogens is 536 g/mol. The third-order valence-corrected chi connectivity index (χ3v) is 14.4. The van der Waals surface area contributed by atoms with Crippen molar-refractivity contribution < 1.29 is 24.5 Å². The van der Waals surface area contributed by atoms with Crippen LogP contribution >= 0.6 is 0 Å². The number of phenolic OH excluding ortho intramolecular Hbond substituents is 1. The minimum Gasteiger partial charge on any atom is -0.508 e. The number of ketones is 2. The van der Waals surface area contributed by atoms with E-state index in [9.17, 15) is 19.8 Å². The van der Waals surface area contributed by atoms with Crippen LogP contribution in [0.2, 0.25) is 0 Å². The molecule has 7 rings (SSSR count). The Balaban J connectivity index is 1.28. The van der Waals surface area contributed by atoms with Gasteiger partial charge in [0.15, 0.2) is 5.78 Å². The van der Waals surface area contributed by atoms with Crippen LogP contribution in [0.1, 0.15) is 118 Å². The fourth-order valence-corrected chi connectivity index (χ4v) is 12.6. The second-order valence-electron chi connectivity index (χ2n) is 17.0. The van der Waals surface area contributed by atoms with E-state index in [0.29, 0.717) is 29.8 Å². The Bertz CT molecular complexity index is 1400. The Kier molecular flexibility index (Phi) is 6.41. The lowest BCUT2D eigenvalue weighted by Gasteiger charge is -2.71. The summed E-state index contributed by atoms with van der Waals surface area (Å²) >= 11 is 0. The van der Waals surface area contributed by atoms with Crippen molar-refractivity contribution in [2.24, 2.45) is 45.3 Å². The highest BCUT2D eigenvalue weighted by Gasteiger charge is 2.73. The molecule has 0 aromatic heterocycles. The summed E-state index contributed by atoms with van der Waals surface area (Å²) in [6.07, 6.45) is 8.00. The zero-order chi connectivity index (χ0) is 30.9. The highest BCUT2D eigenvalue weighted by molar-refractivity contribution is 6.02. The smallest absolute Gasteiger partial charge is 0.163 e. The van der Waals surface area contributed by atoms with Crippen LogP contribution in [-0.2, 0) is 14.3 Å². The van der Waals surface area contributed by atoms with Gasteiger partial charge < -0.3 is 14.9 Å². The first kappa shape index (κ1) is 29.7. The highest BCUT2D eigenvalue weighted by atomic mass is 16.6. The molecule has 43 heavy (non-hydrogen) atoms. The van der Waals surface area contributed by atoms with Crippen molar-refractivity contribution in [1.82, 2.24) is 0 Å². The van der Waals surface area contributed by atoms with Gasteiger partial charge in [-0.1, -0.05) is 58.7 Å². The van der Waals surface area contributed by atoms with Gasteiger partial charge in [0.05, 0.1) is 11.7 Å². The van der Waals surface area contributed by atoms with E-state index in [0.717, 1.165) is 62.5 Å². The lowest BCUT2D eigenvalue weighted by atomic mass is 9.32.